The smallest absolute Gasteiger partial charge is 0.249 e. The van der Waals surface area contributed by atoms with E-state index in [2.05, 4.69) is 29.1 Å². The number of nitrogens with zero attached hydrogens (tertiary/aromatic N) is 3. The number of aromatic nitrogens is 1. The van der Waals surface area contributed by atoms with Crippen molar-refractivity contribution >= 4 is 5.91 Å². The Kier molecular flexibility index (Phi) is 5.09. The lowest BCUT2D eigenvalue weighted by atomic mass is 9.75. The fraction of sp³-hybridized carbons (Fsp3) is 0.619. The average molecular weight is 355 g/mol. The van der Waals surface area contributed by atoms with Gasteiger partial charge in [0.25, 0.3) is 0 Å². The SMILES string of the molecule is CN1CC[C@@H](COCc2cccnc2)CC12CN(C(=O)C1=CCCC1)C2. The fourth-order valence-electron chi connectivity index (χ4n) is 4.62. The Balaban J connectivity index is 1.28. The van der Waals surface area contributed by atoms with Gasteiger partial charge in [-0.1, -0.05) is 12.1 Å². The lowest BCUT2D eigenvalue weighted by molar-refractivity contribution is -0.147. The van der Waals surface area contributed by atoms with Crippen molar-refractivity contribution in [1.29, 1.82) is 0 Å². The molecule has 0 aromatic carbocycles. The van der Waals surface area contributed by atoms with E-state index in [0.717, 1.165) is 63.1 Å². The number of ether oxygens (including phenoxy) is 1. The topological polar surface area (TPSA) is 45.7 Å². The van der Waals surface area contributed by atoms with Gasteiger partial charge in [0, 0.05) is 37.7 Å². The minimum atomic E-state index is 0.162. The van der Waals surface area contributed by atoms with Crippen LogP contribution in [0.15, 0.2) is 36.2 Å². The van der Waals surface area contributed by atoms with Gasteiger partial charge in [-0.05, 0) is 63.2 Å². The molecule has 0 bridgehead atoms. The van der Waals surface area contributed by atoms with Crippen LogP contribution in [0.5, 0.6) is 0 Å². The molecule has 5 nitrogen and oxygen atoms in total. The van der Waals surface area contributed by atoms with Crippen LogP contribution < -0.4 is 0 Å². The molecule has 0 N–H and O–H groups in total. The summed E-state index contributed by atoms with van der Waals surface area (Å²) in [4.78, 5) is 21.2. The average Bonchev–Trinajstić information content (AvgIpc) is 3.16. The van der Waals surface area contributed by atoms with Crippen molar-refractivity contribution in [3.63, 3.8) is 0 Å². The molecule has 5 heteroatoms. The zero-order valence-electron chi connectivity index (χ0n) is 15.7. The van der Waals surface area contributed by atoms with Crippen LogP contribution in [-0.2, 0) is 16.1 Å². The van der Waals surface area contributed by atoms with Crippen LogP contribution in [0.4, 0.5) is 0 Å². The van der Waals surface area contributed by atoms with Crippen LogP contribution in [0.25, 0.3) is 0 Å². The number of pyridine rings is 1. The molecular formula is C21H29N3O2. The number of carbonyl (C=O) groups excluding carboxylic acids is 1. The molecule has 0 unspecified atom stereocenters. The van der Waals surface area contributed by atoms with Crippen molar-refractivity contribution in [1.82, 2.24) is 14.8 Å². The molecule has 1 aromatic rings. The molecular weight excluding hydrogens is 326 g/mol. The van der Waals surface area contributed by atoms with E-state index in [0.29, 0.717) is 12.5 Å². The first kappa shape index (κ1) is 17.7. The zero-order valence-corrected chi connectivity index (χ0v) is 15.7. The number of amides is 1. The maximum atomic E-state index is 12.6. The summed E-state index contributed by atoms with van der Waals surface area (Å²) >= 11 is 0. The molecule has 140 valence electrons. The van der Waals surface area contributed by atoms with Crippen molar-refractivity contribution in [2.45, 2.75) is 44.2 Å². The van der Waals surface area contributed by atoms with E-state index in [9.17, 15) is 4.79 Å². The Bertz CT molecular complexity index is 667. The molecule has 4 rings (SSSR count). The quantitative estimate of drug-likeness (QED) is 0.815. The highest BCUT2D eigenvalue weighted by Gasteiger charge is 2.51. The summed E-state index contributed by atoms with van der Waals surface area (Å²) in [6.07, 6.45) is 11.2. The lowest BCUT2D eigenvalue weighted by Crippen LogP contribution is -2.72. The zero-order chi connectivity index (χ0) is 18.0. The van der Waals surface area contributed by atoms with Gasteiger partial charge < -0.3 is 9.64 Å². The first-order valence-corrected chi connectivity index (χ1v) is 9.82. The van der Waals surface area contributed by atoms with Crippen LogP contribution in [0, 0.1) is 5.92 Å². The minimum Gasteiger partial charge on any atom is -0.376 e. The second kappa shape index (κ2) is 7.49. The van der Waals surface area contributed by atoms with Crippen molar-refractivity contribution in [2.75, 3.05) is 33.3 Å². The summed E-state index contributed by atoms with van der Waals surface area (Å²) in [5.41, 5.74) is 2.32. The maximum absolute atomic E-state index is 12.6. The molecule has 1 aliphatic carbocycles. The highest BCUT2D eigenvalue weighted by atomic mass is 16.5. The van der Waals surface area contributed by atoms with Crippen LogP contribution in [0.1, 0.15) is 37.7 Å². The first-order chi connectivity index (χ1) is 12.7. The number of allylic oxidation sites excluding steroid dienone is 1. The van der Waals surface area contributed by atoms with Crippen molar-refractivity contribution in [3.05, 3.63) is 41.7 Å². The summed E-state index contributed by atoms with van der Waals surface area (Å²) in [6.45, 7) is 4.26. The molecule has 3 heterocycles. The molecule has 26 heavy (non-hydrogen) atoms. The summed E-state index contributed by atoms with van der Waals surface area (Å²) in [6, 6.07) is 4.00. The second-order valence-corrected chi connectivity index (χ2v) is 8.16. The third-order valence-electron chi connectivity index (χ3n) is 6.27. The molecule has 3 aliphatic rings. The number of likely N-dealkylation sites (tertiary alicyclic amines) is 2. The lowest BCUT2D eigenvalue weighted by Gasteiger charge is -2.58. The van der Waals surface area contributed by atoms with Crippen LogP contribution in [0.2, 0.25) is 0 Å². The van der Waals surface area contributed by atoms with E-state index >= 15 is 0 Å². The summed E-state index contributed by atoms with van der Waals surface area (Å²) in [7, 11) is 2.21. The molecule has 2 aliphatic heterocycles. The van der Waals surface area contributed by atoms with Gasteiger partial charge in [0.2, 0.25) is 5.91 Å². The van der Waals surface area contributed by atoms with Gasteiger partial charge in [-0.2, -0.15) is 0 Å². The van der Waals surface area contributed by atoms with Gasteiger partial charge in [-0.25, -0.2) is 0 Å². The van der Waals surface area contributed by atoms with E-state index in [1.807, 2.05) is 17.2 Å². The summed E-state index contributed by atoms with van der Waals surface area (Å²) < 4.78 is 5.96. The molecule has 0 saturated carbocycles. The van der Waals surface area contributed by atoms with Crippen LogP contribution >= 0.6 is 0 Å². The van der Waals surface area contributed by atoms with Gasteiger partial charge in [0.05, 0.1) is 12.1 Å². The number of hydrogen-bond donors (Lipinski definition) is 0. The van der Waals surface area contributed by atoms with E-state index in [4.69, 9.17) is 4.74 Å². The number of likely N-dealkylation sites (N-methyl/N-ethyl adjacent to an activating group) is 1. The van der Waals surface area contributed by atoms with Gasteiger partial charge >= 0.3 is 0 Å². The Morgan fingerprint density at radius 3 is 3.04 bits per heavy atom. The highest BCUT2D eigenvalue weighted by Crippen LogP contribution is 2.39. The summed E-state index contributed by atoms with van der Waals surface area (Å²) in [5.74, 6) is 0.849. The van der Waals surface area contributed by atoms with Crippen molar-refractivity contribution in [3.8, 4) is 0 Å². The predicted octanol–water partition coefficient (Wildman–Crippen LogP) is 2.63. The normalized spacial score (nSPS) is 25.2. The molecule has 1 aromatic heterocycles. The van der Waals surface area contributed by atoms with E-state index < -0.39 is 0 Å². The van der Waals surface area contributed by atoms with Crippen LogP contribution in [0.3, 0.4) is 0 Å². The van der Waals surface area contributed by atoms with Gasteiger partial charge in [0.1, 0.15) is 0 Å². The maximum Gasteiger partial charge on any atom is 0.249 e. The van der Waals surface area contributed by atoms with Crippen molar-refractivity contribution in [2.24, 2.45) is 5.92 Å². The third-order valence-corrected chi connectivity index (χ3v) is 6.27. The summed E-state index contributed by atoms with van der Waals surface area (Å²) in [5, 5.41) is 0. The van der Waals surface area contributed by atoms with Crippen LogP contribution in [-0.4, -0.2) is 59.5 Å². The standard InChI is InChI=1S/C21H29N3O2/c1-23-10-8-17(13-26-14-18-5-4-9-22-12-18)11-21(23)15-24(16-21)20(25)19-6-2-3-7-19/h4-6,9,12,17H,2-3,7-8,10-11,13-16H2,1H3/t17-/m1/s1. The van der Waals surface area contributed by atoms with Gasteiger partial charge in [0.15, 0.2) is 0 Å². The molecule has 2 saturated heterocycles. The van der Waals surface area contributed by atoms with Gasteiger partial charge in [-0.15, -0.1) is 0 Å². The Morgan fingerprint density at radius 1 is 1.42 bits per heavy atom. The molecule has 0 radical (unpaired) electrons. The van der Waals surface area contributed by atoms with E-state index in [1.54, 1.807) is 6.20 Å². The number of hydrogen-bond acceptors (Lipinski definition) is 4. The molecule has 2 fully saturated rings. The van der Waals surface area contributed by atoms with Crippen molar-refractivity contribution < 1.29 is 9.53 Å². The van der Waals surface area contributed by atoms with Gasteiger partial charge in [-0.3, -0.25) is 14.7 Å². The molecule has 1 amide bonds. The predicted molar refractivity (Wildman–Crippen MR) is 100 cm³/mol. The first-order valence-electron chi connectivity index (χ1n) is 9.82. The highest BCUT2D eigenvalue weighted by molar-refractivity contribution is 5.94. The number of carbonyl (C=O) groups is 1. The minimum absolute atomic E-state index is 0.162. The molecule has 1 spiro atoms. The Hall–Kier alpha value is -1.72. The molecule has 1 atom stereocenters. The number of piperidine rings is 1. The van der Waals surface area contributed by atoms with E-state index in [1.165, 1.54) is 6.42 Å². The Morgan fingerprint density at radius 2 is 2.31 bits per heavy atom. The third kappa shape index (κ3) is 3.55. The second-order valence-electron chi connectivity index (χ2n) is 8.16. The monoisotopic (exact) mass is 355 g/mol. The largest absolute Gasteiger partial charge is 0.376 e. The number of rotatable bonds is 5. The van der Waals surface area contributed by atoms with E-state index in [-0.39, 0.29) is 11.4 Å². The fourth-order valence-corrected chi connectivity index (χ4v) is 4.62. The Labute approximate surface area is 156 Å².